The molecule has 1 aliphatic heterocycles. The van der Waals surface area contributed by atoms with Crippen molar-refractivity contribution in [1.29, 1.82) is 0 Å². The van der Waals surface area contributed by atoms with Crippen LogP contribution in [0.1, 0.15) is 25.3 Å². The van der Waals surface area contributed by atoms with Crippen LogP contribution in [0.5, 0.6) is 5.75 Å². The van der Waals surface area contributed by atoms with Gasteiger partial charge in [-0.3, -0.25) is 9.89 Å². The van der Waals surface area contributed by atoms with Crippen molar-refractivity contribution >= 4 is 5.96 Å². The van der Waals surface area contributed by atoms with E-state index in [0.29, 0.717) is 25.8 Å². The van der Waals surface area contributed by atoms with Crippen molar-refractivity contribution < 1.29 is 9.47 Å². The number of methoxy groups -OCH3 is 1. The molecule has 0 spiro atoms. The van der Waals surface area contributed by atoms with Crippen LogP contribution in [0.15, 0.2) is 41.4 Å². The molecule has 1 aromatic rings. The molecule has 1 aliphatic rings. The van der Waals surface area contributed by atoms with Gasteiger partial charge in [-0.25, -0.2) is 0 Å². The minimum absolute atomic E-state index is 0.465. The van der Waals surface area contributed by atoms with Gasteiger partial charge >= 0.3 is 0 Å². The largest absolute Gasteiger partial charge is 0.496 e. The molecule has 1 heterocycles. The Labute approximate surface area is 163 Å². The Kier molecular flexibility index (Phi) is 9.15. The Morgan fingerprint density at radius 3 is 2.70 bits per heavy atom. The number of nitrogens with zero attached hydrogens (tertiary/aromatic N) is 2. The first-order valence-corrected chi connectivity index (χ1v) is 9.66. The van der Waals surface area contributed by atoms with Crippen LogP contribution in [0.2, 0.25) is 0 Å². The van der Waals surface area contributed by atoms with E-state index >= 15 is 0 Å². The molecule has 150 valence electrons. The van der Waals surface area contributed by atoms with Crippen molar-refractivity contribution in [1.82, 2.24) is 15.5 Å². The molecule has 6 heteroatoms. The standard InChI is InChI=1S/C21H34N4O2/c1-17(2)15-25-12-9-19(10-13-25)24-21(22-3)23-11-14-27-16-18-7-5-6-8-20(18)26-4/h5-8,19H,1,9-16H2,2-4H3,(H2,22,23,24). The van der Waals surface area contributed by atoms with Crippen LogP contribution >= 0.6 is 0 Å². The summed E-state index contributed by atoms with van der Waals surface area (Å²) < 4.78 is 11.1. The molecule has 27 heavy (non-hydrogen) atoms. The molecule has 0 saturated carbocycles. The average molecular weight is 375 g/mol. The van der Waals surface area contributed by atoms with E-state index in [-0.39, 0.29) is 0 Å². The van der Waals surface area contributed by atoms with E-state index in [4.69, 9.17) is 9.47 Å². The molecule has 1 saturated heterocycles. The molecule has 0 unspecified atom stereocenters. The lowest BCUT2D eigenvalue weighted by Crippen LogP contribution is -2.49. The van der Waals surface area contributed by atoms with Crippen LogP contribution in [0.4, 0.5) is 0 Å². The monoisotopic (exact) mass is 374 g/mol. The number of ether oxygens (including phenoxy) is 2. The maximum absolute atomic E-state index is 5.76. The lowest BCUT2D eigenvalue weighted by molar-refractivity contribution is 0.123. The van der Waals surface area contributed by atoms with E-state index in [1.807, 2.05) is 24.3 Å². The fourth-order valence-electron chi connectivity index (χ4n) is 3.25. The number of piperidine rings is 1. The highest BCUT2D eigenvalue weighted by atomic mass is 16.5. The first-order valence-electron chi connectivity index (χ1n) is 9.66. The zero-order valence-corrected chi connectivity index (χ0v) is 17.0. The third-order valence-corrected chi connectivity index (χ3v) is 4.63. The summed E-state index contributed by atoms with van der Waals surface area (Å²) in [5.74, 6) is 1.70. The number of benzene rings is 1. The second kappa shape index (κ2) is 11.6. The van der Waals surface area contributed by atoms with Crippen LogP contribution in [0.3, 0.4) is 0 Å². The lowest BCUT2D eigenvalue weighted by atomic mass is 10.0. The van der Waals surface area contributed by atoms with E-state index in [1.54, 1.807) is 14.2 Å². The first kappa shape index (κ1) is 21.3. The van der Waals surface area contributed by atoms with Crippen molar-refractivity contribution in [3.63, 3.8) is 0 Å². The maximum Gasteiger partial charge on any atom is 0.191 e. The van der Waals surface area contributed by atoms with Crippen LogP contribution in [-0.2, 0) is 11.3 Å². The summed E-state index contributed by atoms with van der Waals surface area (Å²) in [6.07, 6.45) is 2.25. The van der Waals surface area contributed by atoms with Gasteiger partial charge in [0.15, 0.2) is 5.96 Å². The van der Waals surface area contributed by atoms with Crippen molar-refractivity contribution in [3.8, 4) is 5.75 Å². The van der Waals surface area contributed by atoms with Gasteiger partial charge in [0.05, 0.1) is 20.3 Å². The van der Waals surface area contributed by atoms with Crippen molar-refractivity contribution in [3.05, 3.63) is 42.0 Å². The van der Waals surface area contributed by atoms with Gasteiger partial charge in [0.25, 0.3) is 0 Å². The van der Waals surface area contributed by atoms with Gasteiger partial charge in [-0.15, -0.1) is 0 Å². The predicted molar refractivity (Wildman–Crippen MR) is 111 cm³/mol. The molecule has 0 radical (unpaired) electrons. The number of guanidine groups is 1. The average Bonchev–Trinajstić information content (AvgIpc) is 2.68. The van der Waals surface area contributed by atoms with E-state index in [0.717, 1.165) is 49.7 Å². The molecule has 6 nitrogen and oxygen atoms in total. The first-order chi connectivity index (χ1) is 13.1. The Morgan fingerprint density at radius 1 is 1.30 bits per heavy atom. The van der Waals surface area contributed by atoms with E-state index in [2.05, 4.69) is 34.0 Å². The number of hydrogen-bond donors (Lipinski definition) is 2. The zero-order valence-electron chi connectivity index (χ0n) is 17.0. The Bertz CT molecular complexity index is 610. The second-order valence-electron chi connectivity index (χ2n) is 7.02. The molecule has 2 rings (SSSR count). The van der Waals surface area contributed by atoms with Gasteiger partial charge in [-0.05, 0) is 25.8 Å². The van der Waals surface area contributed by atoms with Gasteiger partial charge in [0.2, 0.25) is 0 Å². The zero-order chi connectivity index (χ0) is 19.5. The smallest absolute Gasteiger partial charge is 0.191 e. The van der Waals surface area contributed by atoms with E-state index in [9.17, 15) is 0 Å². The highest BCUT2D eigenvalue weighted by Crippen LogP contribution is 2.17. The summed E-state index contributed by atoms with van der Waals surface area (Å²) in [6, 6.07) is 8.39. The summed E-state index contributed by atoms with van der Waals surface area (Å²) >= 11 is 0. The quantitative estimate of drug-likeness (QED) is 0.301. The summed E-state index contributed by atoms with van der Waals surface area (Å²) in [5.41, 5.74) is 2.29. The summed E-state index contributed by atoms with van der Waals surface area (Å²) in [7, 11) is 3.49. The Hall–Kier alpha value is -2.05. The predicted octanol–water partition coefficient (Wildman–Crippen LogP) is 2.42. The fourth-order valence-corrected chi connectivity index (χ4v) is 3.25. The van der Waals surface area contributed by atoms with Crippen LogP contribution in [0.25, 0.3) is 0 Å². The molecule has 0 aliphatic carbocycles. The van der Waals surface area contributed by atoms with Gasteiger partial charge in [0.1, 0.15) is 5.75 Å². The molecule has 2 N–H and O–H groups in total. The van der Waals surface area contributed by atoms with Gasteiger partial charge in [0, 0.05) is 44.8 Å². The number of rotatable bonds is 9. The number of para-hydroxylation sites is 1. The molecular formula is C21H34N4O2. The molecule has 0 amide bonds. The van der Waals surface area contributed by atoms with E-state index < -0.39 is 0 Å². The topological polar surface area (TPSA) is 58.1 Å². The van der Waals surface area contributed by atoms with Crippen molar-refractivity contribution in [2.75, 3.05) is 46.9 Å². The molecule has 0 atom stereocenters. The van der Waals surface area contributed by atoms with Crippen LogP contribution < -0.4 is 15.4 Å². The number of hydrogen-bond acceptors (Lipinski definition) is 4. The van der Waals surface area contributed by atoms with E-state index in [1.165, 1.54) is 5.57 Å². The highest BCUT2D eigenvalue weighted by Gasteiger charge is 2.19. The van der Waals surface area contributed by atoms with Gasteiger partial charge in [-0.2, -0.15) is 0 Å². The number of nitrogens with one attached hydrogen (secondary N) is 2. The fraction of sp³-hybridized carbons (Fsp3) is 0.571. The van der Waals surface area contributed by atoms with Crippen LogP contribution in [-0.4, -0.2) is 63.8 Å². The minimum Gasteiger partial charge on any atom is -0.496 e. The van der Waals surface area contributed by atoms with Crippen LogP contribution in [0, 0.1) is 0 Å². The van der Waals surface area contributed by atoms with Gasteiger partial charge < -0.3 is 20.1 Å². The molecule has 0 bridgehead atoms. The molecule has 1 fully saturated rings. The second-order valence-corrected chi connectivity index (χ2v) is 7.02. The summed E-state index contributed by atoms with van der Waals surface area (Å²) in [4.78, 5) is 6.78. The lowest BCUT2D eigenvalue weighted by Gasteiger charge is -2.33. The number of likely N-dealkylation sites (tertiary alicyclic amines) is 1. The molecule has 1 aromatic carbocycles. The third-order valence-electron chi connectivity index (χ3n) is 4.63. The normalized spacial score (nSPS) is 16.2. The number of aliphatic imine (C=N–C) groups is 1. The molecule has 0 aromatic heterocycles. The molecular weight excluding hydrogens is 340 g/mol. The van der Waals surface area contributed by atoms with Crippen molar-refractivity contribution in [2.24, 2.45) is 4.99 Å². The summed E-state index contributed by atoms with van der Waals surface area (Å²) in [6.45, 7) is 11.2. The van der Waals surface area contributed by atoms with Gasteiger partial charge in [-0.1, -0.05) is 30.4 Å². The summed E-state index contributed by atoms with van der Waals surface area (Å²) in [5, 5.41) is 6.85. The maximum atomic E-state index is 5.76. The highest BCUT2D eigenvalue weighted by molar-refractivity contribution is 5.79. The third kappa shape index (κ3) is 7.61. The Morgan fingerprint density at radius 2 is 2.04 bits per heavy atom. The SMILES string of the molecule is C=C(C)CN1CCC(NC(=NC)NCCOCc2ccccc2OC)CC1. The Balaban J connectivity index is 1.63. The van der Waals surface area contributed by atoms with Crippen molar-refractivity contribution in [2.45, 2.75) is 32.4 Å². The minimum atomic E-state index is 0.465.